The van der Waals surface area contributed by atoms with Crippen molar-refractivity contribution in [3.8, 4) is 0 Å². The molecule has 0 saturated carbocycles. The van der Waals surface area contributed by atoms with Crippen molar-refractivity contribution in [2.45, 2.75) is 12.5 Å². The lowest BCUT2D eigenvalue weighted by Gasteiger charge is -2.14. The molecular weight excluding hydrogens is 254 g/mol. The monoisotopic (exact) mass is 277 g/mol. The molecule has 0 bridgehead atoms. The third-order valence-electron chi connectivity index (χ3n) is 2.24. The Kier molecular flexibility index (Phi) is 9.77. The van der Waals surface area contributed by atoms with Crippen LogP contribution in [0.2, 0.25) is 0 Å². The van der Waals surface area contributed by atoms with Crippen molar-refractivity contribution in [3.05, 3.63) is 0 Å². The second kappa shape index (κ2) is 10.5. The van der Waals surface area contributed by atoms with Crippen LogP contribution in [0.25, 0.3) is 0 Å². The smallest absolute Gasteiger partial charge is 0.326 e. The number of hydrogen-bond donors (Lipinski definition) is 4. The maximum Gasteiger partial charge on any atom is 0.326 e. The highest BCUT2D eigenvalue weighted by Gasteiger charge is 2.18. The largest absolute Gasteiger partial charge is 0.480 e. The molecule has 0 saturated heterocycles. The molecule has 0 rings (SSSR count). The van der Waals surface area contributed by atoms with Crippen molar-refractivity contribution in [2.24, 2.45) is 0 Å². The summed E-state index contributed by atoms with van der Waals surface area (Å²) in [5, 5.41) is 22.2. The van der Waals surface area contributed by atoms with Crippen molar-refractivity contribution < 1.29 is 24.5 Å². The number of amides is 2. The van der Waals surface area contributed by atoms with E-state index in [0.717, 1.165) is 6.54 Å². The lowest BCUT2D eigenvalue weighted by molar-refractivity contribution is -0.139. The number of rotatable bonds is 10. The van der Waals surface area contributed by atoms with Gasteiger partial charge in [-0.1, -0.05) is 0 Å². The third kappa shape index (κ3) is 10.2. The minimum Gasteiger partial charge on any atom is -0.480 e. The van der Waals surface area contributed by atoms with Gasteiger partial charge < -0.3 is 30.5 Å². The van der Waals surface area contributed by atoms with Crippen LogP contribution in [-0.2, 0) is 9.53 Å². The van der Waals surface area contributed by atoms with Crippen LogP contribution in [0.4, 0.5) is 4.79 Å². The zero-order valence-electron chi connectivity index (χ0n) is 11.4. The number of nitrogens with one attached hydrogen (secondary N) is 2. The van der Waals surface area contributed by atoms with Gasteiger partial charge >= 0.3 is 12.0 Å². The summed E-state index contributed by atoms with van der Waals surface area (Å²) in [4.78, 5) is 24.0. The lowest BCUT2D eigenvalue weighted by atomic mass is 10.2. The molecular formula is C11H23N3O5. The zero-order chi connectivity index (χ0) is 14.7. The van der Waals surface area contributed by atoms with E-state index in [0.29, 0.717) is 19.8 Å². The molecule has 0 aliphatic carbocycles. The Labute approximate surface area is 112 Å². The van der Waals surface area contributed by atoms with E-state index in [2.05, 4.69) is 10.6 Å². The molecule has 0 spiro atoms. The van der Waals surface area contributed by atoms with E-state index >= 15 is 0 Å². The van der Waals surface area contributed by atoms with Gasteiger partial charge in [-0.15, -0.1) is 0 Å². The molecule has 4 N–H and O–H groups in total. The normalized spacial score (nSPS) is 12.2. The van der Waals surface area contributed by atoms with Gasteiger partial charge in [0.05, 0.1) is 13.2 Å². The van der Waals surface area contributed by atoms with Gasteiger partial charge in [0.15, 0.2) is 0 Å². The van der Waals surface area contributed by atoms with Crippen LogP contribution in [0.1, 0.15) is 6.42 Å². The number of aliphatic carboxylic acids is 1. The lowest BCUT2D eigenvalue weighted by Crippen LogP contribution is -2.47. The second-order valence-corrected chi connectivity index (χ2v) is 4.22. The molecule has 19 heavy (non-hydrogen) atoms. The summed E-state index contributed by atoms with van der Waals surface area (Å²) in [5.74, 6) is -1.17. The summed E-state index contributed by atoms with van der Waals surface area (Å²) in [6.45, 7) is 1.72. The molecule has 112 valence electrons. The van der Waals surface area contributed by atoms with Gasteiger partial charge in [-0.05, 0) is 14.1 Å². The molecule has 0 heterocycles. The van der Waals surface area contributed by atoms with Gasteiger partial charge in [-0.3, -0.25) is 0 Å². The van der Waals surface area contributed by atoms with E-state index in [9.17, 15) is 9.59 Å². The number of ether oxygens (including phenoxy) is 1. The Hall–Kier alpha value is -1.38. The highest BCUT2D eigenvalue weighted by molar-refractivity contribution is 5.82. The highest BCUT2D eigenvalue weighted by atomic mass is 16.5. The highest BCUT2D eigenvalue weighted by Crippen LogP contribution is 1.90. The SMILES string of the molecule is CN(C)CCOCCNC(=O)NC(CCO)C(=O)O. The summed E-state index contributed by atoms with van der Waals surface area (Å²) in [5.41, 5.74) is 0. The molecule has 0 aromatic rings. The molecule has 0 fully saturated rings. The summed E-state index contributed by atoms with van der Waals surface area (Å²) in [7, 11) is 3.87. The van der Waals surface area contributed by atoms with Crippen LogP contribution in [-0.4, -0.2) is 80.2 Å². The van der Waals surface area contributed by atoms with Gasteiger partial charge in [0, 0.05) is 26.1 Å². The van der Waals surface area contributed by atoms with Crippen LogP contribution in [0.3, 0.4) is 0 Å². The predicted octanol–water partition coefficient (Wildman–Crippen LogP) is -1.30. The second-order valence-electron chi connectivity index (χ2n) is 4.22. The molecule has 0 aromatic heterocycles. The average molecular weight is 277 g/mol. The number of carboxylic acids is 1. The minimum atomic E-state index is -1.17. The van der Waals surface area contributed by atoms with Gasteiger partial charge in [0.2, 0.25) is 0 Å². The van der Waals surface area contributed by atoms with Crippen molar-refractivity contribution in [1.82, 2.24) is 15.5 Å². The molecule has 0 aromatic carbocycles. The Morgan fingerprint density at radius 1 is 1.32 bits per heavy atom. The Bertz CT molecular complexity index is 273. The van der Waals surface area contributed by atoms with E-state index in [1.807, 2.05) is 19.0 Å². The topological polar surface area (TPSA) is 111 Å². The predicted molar refractivity (Wildman–Crippen MR) is 69.0 cm³/mol. The number of urea groups is 1. The molecule has 8 heteroatoms. The number of nitrogens with zero attached hydrogens (tertiary/aromatic N) is 1. The van der Waals surface area contributed by atoms with Gasteiger partial charge in [0.25, 0.3) is 0 Å². The maximum absolute atomic E-state index is 11.3. The number of hydrogen-bond acceptors (Lipinski definition) is 5. The number of carbonyl (C=O) groups excluding carboxylic acids is 1. The van der Waals surface area contributed by atoms with Crippen LogP contribution in [0.5, 0.6) is 0 Å². The molecule has 0 aliphatic heterocycles. The van der Waals surface area contributed by atoms with Crippen molar-refractivity contribution >= 4 is 12.0 Å². The number of likely N-dealkylation sites (N-methyl/N-ethyl adjacent to an activating group) is 1. The standard InChI is InChI=1S/C11H23N3O5/c1-14(2)5-8-19-7-4-12-11(18)13-9(3-6-15)10(16)17/h9,15H,3-8H2,1-2H3,(H,16,17)(H2,12,13,18). The Balaban J connectivity index is 3.65. The first-order chi connectivity index (χ1) is 8.97. The van der Waals surface area contributed by atoms with E-state index in [-0.39, 0.29) is 13.0 Å². The quantitative estimate of drug-likeness (QED) is 0.369. The number of aliphatic hydroxyl groups is 1. The molecule has 1 unspecified atom stereocenters. The van der Waals surface area contributed by atoms with Crippen molar-refractivity contribution in [3.63, 3.8) is 0 Å². The Morgan fingerprint density at radius 3 is 2.53 bits per heavy atom. The summed E-state index contributed by atoms with van der Waals surface area (Å²) in [6, 6.07) is -1.67. The van der Waals surface area contributed by atoms with E-state index in [1.165, 1.54) is 0 Å². The van der Waals surface area contributed by atoms with E-state index in [1.54, 1.807) is 0 Å². The van der Waals surface area contributed by atoms with Gasteiger partial charge in [-0.2, -0.15) is 0 Å². The minimum absolute atomic E-state index is 0.0257. The third-order valence-corrected chi connectivity index (χ3v) is 2.24. The molecule has 8 nitrogen and oxygen atoms in total. The van der Waals surface area contributed by atoms with Crippen LogP contribution >= 0.6 is 0 Å². The average Bonchev–Trinajstić information content (AvgIpc) is 2.32. The number of carbonyl (C=O) groups is 2. The fraction of sp³-hybridized carbons (Fsp3) is 0.818. The molecule has 0 radical (unpaired) electrons. The van der Waals surface area contributed by atoms with Crippen molar-refractivity contribution in [2.75, 3.05) is 47.0 Å². The van der Waals surface area contributed by atoms with Gasteiger partial charge in [0.1, 0.15) is 6.04 Å². The number of carboxylic acid groups (broad SMARTS) is 1. The summed E-state index contributed by atoms with van der Waals surface area (Å²) < 4.78 is 5.25. The first-order valence-corrected chi connectivity index (χ1v) is 6.08. The molecule has 0 aliphatic rings. The van der Waals surface area contributed by atoms with Crippen LogP contribution in [0, 0.1) is 0 Å². The Morgan fingerprint density at radius 2 is 2.00 bits per heavy atom. The van der Waals surface area contributed by atoms with Crippen LogP contribution < -0.4 is 10.6 Å². The molecule has 2 amide bonds. The zero-order valence-corrected chi connectivity index (χ0v) is 11.4. The molecule has 1 atom stereocenters. The summed E-state index contributed by atoms with van der Waals surface area (Å²) >= 11 is 0. The van der Waals surface area contributed by atoms with Crippen molar-refractivity contribution in [1.29, 1.82) is 0 Å². The van der Waals surface area contributed by atoms with Gasteiger partial charge in [-0.25, -0.2) is 9.59 Å². The first-order valence-electron chi connectivity index (χ1n) is 6.08. The maximum atomic E-state index is 11.3. The number of aliphatic hydroxyl groups excluding tert-OH is 1. The first kappa shape index (κ1) is 17.6. The fourth-order valence-electron chi connectivity index (χ4n) is 1.18. The van der Waals surface area contributed by atoms with E-state index < -0.39 is 18.0 Å². The van der Waals surface area contributed by atoms with E-state index in [4.69, 9.17) is 14.9 Å². The van der Waals surface area contributed by atoms with Crippen LogP contribution in [0.15, 0.2) is 0 Å². The summed E-state index contributed by atoms with van der Waals surface area (Å²) in [6.07, 6.45) is -0.0257. The fourth-order valence-corrected chi connectivity index (χ4v) is 1.18.